The molecule has 10 nitrogen and oxygen atoms in total. The molecule has 0 saturated carbocycles. The van der Waals surface area contributed by atoms with Crippen molar-refractivity contribution >= 4 is 61.9 Å². The molecule has 0 fully saturated rings. The second kappa shape index (κ2) is 10.6. The summed E-state index contributed by atoms with van der Waals surface area (Å²) in [6.07, 6.45) is 5.06. The van der Waals surface area contributed by atoms with Gasteiger partial charge in [-0.1, -0.05) is 57.2 Å². The Kier molecular flexibility index (Phi) is 7.07. The maximum Gasteiger partial charge on any atom is 0.257 e. The van der Waals surface area contributed by atoms with Gasteiger partial charge in [-0.25, -0.2) is 0 Å². The van der Waals surface area contributed by atoms with Crippen LogP contribution in [0.15, 0.2) is 77.7 Å². The van der Waals surface area contributed by atoms with E-state index in [4.69, 9.17) is 0 Å². The van der Waals surface area contributed by atoms with Crippen LogP contribution in [0.5, 0.6) is 0 Å². The highest BCUT2D eigenvalue weighted by Crippen LogP contribution is 2.32. The van der Waals surface area contributed by atoms with Crippen LogP contribution < -0.4 is 21.3 Å². The first kappa shape index (κ1) is 26.0. The molecule has 2 aliphatic rings. The Labute approximate surface area is 233 Å². The van der Waals surface area contributed by atoms with Crippen LogP contribution in [0.4, 0.5) is 23.0 Å². The quantitative estimate of drug-likeness (QED) is 0.170. The van der Waals surface area contributed by atoms with E-state index in [1.54, 1.807) is 18.6 Å². The van der Waals surface area contributed by atoms with E-state index in [0.29, 0.717) is 22.8 Å². The van der Waals surface area contributed by atoms with Crippen LogP contribution >= 0.6 is 15.9 Å². The molecule has 39 heavy (non-hydrogen) atoms. The van der Waals surface area contributed by atoms with E-state index >= 15 is 0 Å². The standard InChI is InChI=1S/C16H18N4O.C12H9BrN4O/c1-16(2,3)13-8-14(20-19-13)17-9-11-10-6-4-5-7-12(10)18-15(11)21;13-9-6-15-17-11(9)14-5-8-7-3-1-2-4-10(7)16-12(8)18/h4-9H,1-3H3,(H,18,21)(H2,17,19,20);1-6H,(H,16,18)(H2,14,15,17)/b11-9+;8-5+. The number of anilines is 4. The summed E-state index contributed by atoms with van der Waals surface area (Å²) in [7, 11) is 0. The van der Waals surface area contributed by atoms with Crippen LogP contribution in [0.25, 0.3) is 11.1 Å². The van der Waals surface area contributed by atoms with Gasteiger partial charge < -0.3 is 21.3 Å². The summed E-state index contributed by atoms with van der Waals surface area (Å²) in [5.41, 5.74) is 5.73. The summed E-state index contributed by atoms with van der Waals surface area (Å²) in [4.78, 5) is 23.8. The molecule has 2 aromatic heterocycles. The number of halogens is 1. The molecule has 4 heterocycles. The maximum absolute atomic E-state index is 12.0. The van der Waals surface area contributed by atoms with Gasteiger partial charge in [-0.3, -0.25) is 19.8 Å². The molecule has 198 valence electrons. The normalized spacial score (nSPS) is 15.8. The number of nitrogens with zero attached hydrogens (tertiary/aromatic N) is 2. The van der Waals surface area contributed by atoms with Gasteiger partial charge in [0.2, 0.25) is 0 Å². The number of hydrogen-bond donors (Lipinski definition) is 6. The Hall–Kier alpha value is -4.64. The Bertz CT molecular complexity index is 1610. The number of carbonyl (C=O) groups excluding carboxylic acids is 2. The van der Waals surface area contributed by atoms with Gasteiger partial charge in [-0.05, 0) is 28.1 Å². The van der Waals surface area contributed by atoms with Crippen molar-refractivity contribution in [3.63, 3.8) is 0 Å². The van der Waals surface area contributed by atoms with Crippen molar-refractivity contribution < 1.29 is 9.59 Å². The van der Waals surface area contributed by atoms with Gasteiger partial charge in [0, 0.05) is 58.3 Å². The molecule has 0 atom stereocenters. The number of aromatic amines is 2. The van der Waals surface area contributed by atoms with Crippen molar-refractivity contribution in [2.45, 2.75) is 26.2 Å². The van der Waals surface area contributed by atoms with Gasteiger partial charge >= 0.3 is 0 Å². The predicted molar refractivity (Wildman–Crippen MR) is 157 cm³/mol. The van der Waals surface area contributed by atoms with Gasteiger partial charge in [0.05, 0.1) is 15.6 Å². The lowest BCUT2D eigenvalue weighted by molar-refractivity contribution is -0.111. The topological polar surface area (TPSA) is 140 Å². The van der Waals surface area contributed by atoms with E-state index in [9.17, 15) is 9.59 Å². The molecule has 6 rings (SSSR count). The minimum absolute atomic E-state index is 0.0113. The zero-order valence-corrected chi connectivity index (χ0v) is 23.1. The molecule has 0 aliphatic carbocycles. The van der Waals surface area contributed by atoms with Crippen molar-refractivity contribution in [3.05, 3.63) is 94.5 Å². The number of aromatic nitrogens is 4. The van der Waals surface area contributed by atoms with Gasteiger partial charge in [-0.2, -0.15) is 10.2 Å². The molecule has 0 radical (unpaired) electrons. The van der Waals surface area contributed by atoms with E-state index < -0.39 is 0 Å². The first-order chi connectivity index (χ1) is 18.7. The average Bonchev–Trinajstić information content (AvgIpc) is 3.67. The van der Waals surface area contributed by atoms with E-state index in [-0.39, 0.29) is 17.2 Å². The van der Waals surface area contributed by atoms with Crippen LogP contribution in [-0.4, -0.2) is 32.2 Å². The zero-order valence-electron chi connectivity index (χ0n) is 21.5. The van der Waals surface area contributed by atoms with Crippen LogP contribution in [0.3, 0.4) is 0 Å². The lowest BCUT2D eigenvalue weighted by Gasteiger charge is -2.14. The Morgan fingerprint density at radius 3 is 1.90 bits per heavy atom. The third-order valence-corrected chi connectivity index (χ3v) is 6.72. The van der Waals surface area contributed by atoms with Crippen LogP contribution in [0.2, 0.25) is 0 Å². The molecular weight excluding hydrogens is 560 g/mol. The molecule has 2 amide bonds. The Morgan fingerprint density at radius 1 is 0.821 bits per heavy atom. The van der Waals surface area contributed by atoms with Crippen LogP contribution in [0, 0.1) is 0 Å². The molecule has 0 saturated heterocycles. The highest BCUT2D eigenvalue weighted by molar-refractivity contribution is 9.10. The number of fused-ring (bicyclic) bond motifs is 2. The van der Waals surface area contributed by atoms with Crippen LogP contribution in [0.1, 0.15) is 37.6 Å². The van der Waals surface area contributed by atoms with E-state index in [1.165, 1.54) is 0 Å². The molecule has 11 heteroatoms. The average molecular weight is 587 g/mol. The van der Waals surface area contributed by atoms with E-state index in [2.05, 4.69) is 78.4 Å². The minimum Gasteiger partial charge on any atom is -0.344 e. The monoisotopic (exact) mass is 586 g/mol. The fraction of sp³-hybridized carbons (Fsp3) is 0.143. The van der Waals surface area contributed by atoms with Crippen molar-refractivity contribution in [2.24, 2.45) is 0 Å². The number of carbonyl (C=O) groups is 2. The largest absolute Gasteiger partial charge is 0.344 e. The zero-order chi connectivity index (χ0) is 27.6. The van der Waals surface area contributed by atoms with Crippen LogP contribution in [-0.2, 0) is 15.0 Å². The fourth-order valence-corrected chi connectivity index (χ4v) is 4.31. The molecule has 0 bridgehead atoms. The number of nitrogens with one attached hydrogen (secondary N) is 6. The van der Waals surface area contributed by atoms with Gasteiger partial charge in [-0.15, -0.1) is 0 Å². The van der Waals surface area contributed by atoms with Gasteiger partial charge in [0.25, 0.3) is 11.8 Å². The number of hydrogen-bond acceptors (Lipinski definition) is 6. The molecule has 4 aromatic rings. The number of para-hydroxylation sites is 2. The van der Waals surface area contributed by atoms with Crippen molar-refractivity contribution in [3.8, 4) is 0 Å². The maximum atomic E-state index is 12.0. The van der Waals surface area contributed by atoms with Gasteiger partial charge in [0.15, 0.2) is 11.6 Å². The molecule has 2 aliphatic heterocycles. The van der Waals surface area contributed by atoms with E-state index in [0.717, 1.165) is 32.7 Å². The Balaban J connectivity index is 0.000000160. The molecule has 2 aromatic carbocycles. The number of rotatable bonds is 4. The van der Waals surface area contributed by atoms with Crippen molar-refractivity contribution in [1.29, 1.82) is 0 Å². The van der Waals surface area contributed by atoms with Gasteiger partial charge in [0.1, 0.15) is 0 Å². The highest BCUT2D eigenvalue weighted by atomic mass is 79.9. The SMILES string of the molecule is CC(C)(C)c1cc(N/C=C2/C(=O)Nc3ccccc32)n[nH]1.O=C1Nc2ccccc2/C1=C\Nc1n[nH]cc1Br. The molecular formula is C28H27BrN8O2. The summed E-state index contributed by atoms with van der Waals surface area (Å²) in [6.45, 7) is 6.34. The summed E-state index contributed by atoms with van der Waals surface area (Å²) >= 11 is 3.34. The highest BCUT2D eigenvalue weighted by Gasteiger charge is 2.24. The van der Waals surface area contributed by atoms with Crippen molar-refractivity contribution in [2.75, 3.05) is 21.3 Å². The minimum atomic E-state index is -0.115. The second-order valence-corrected chi connectivity index (χ2v) is 10.8. The molecule has 0 unspecified atom stereocenters. The summed E-state index contributed by atoms with van der Waals surface area (Å²) in [5.74, 6) is 1.12. The smallest absolute Gasteiger partial charge is 0.257 e. The fourth-order valence-electron chi connectivity index (χ4n) is 4.01. The summed E-state index contributed by atoms with van der Waals surface area (Å²) < 4.78 is 0.811. The lowest BCUT2D eigenvalue weighted by Crippen LogP contribution is -2.11. The predicted octanol–water partition coefficient (Wildman–Crippen LogP) is 5.69. The molecule has 0 spiro atoms. The first-order valence-electron chi connectivity index (χ1n) is 12.2. The summed E-state index contributed by atoms with van der Waals surface area (Å²) in [5, 5.41) is 25.7. The van der Waals surface area contributed by atoms with Crippen molar-refractivity contribution in [1.82, 2.24) is 20.4 Å². The third-order valence-electron chi connectivity index (χ3n) is 6.12. The summed E-state index contributed by atoms with van der Waals surface area (Å²) in [6, 6.07) is 17.1. The molecule has 6 N–H and O–H groups in total. The van der Waals surface area contributed by atoms with E-state index in [1.807, 2.05) is 54.6 Å². The Morgan fingerprint density at radius 2 is 1.38 bits per heavy atom. The lowest BCUT2D eigenvalue weighted by atomic mass is 9.92. The first-order valence-corrected chi connectivity index (χ1v) is 13.0. The number of amides is 2. The number of H-pyrrole nitrogens is 2. The third kappa shape index (κ3) is 5.63. The number of benzene rings is 2. The second-order valence-electron chi connectivity index (χ2n) is 9.90.